The van der Waals surface area contributed by atoms with Crippen molar-refractivity contribution < 1.29 is 19.1 Å². The minimum Gasteiger partial charge on any atom is -0.458 e. The lowest BCUT2D eigenvalue weighted by Gasteiger charge is -2.20. The minimum absolute atomic E-state index is 0.0182. The summed E-state index contributed by atoms with van der Waals surface area (Å²) in [5, 5.41) is 2.66. The molecule has 28 heavy (non-hydrogen) atoms. The molecule has 0 saturated heterocycles. The van der Waals surface area contributed by atoms with Crippen LogP contribution >= 0.6 is 11.3 Å². The molecule has 0 bridgehead atoms. The number of amides is 2. The normalized spacial score (nSPS) is 14.1. The molecule has 2 amide bonds. The highest BCUT2D eigenvalue weighted by Crippen LogP contribution is 2.26. The quantitative estimate of drug-likeness (QED) is 0.490. The van der Waals surface area contributed by atoms with Crippen molar-refractivity contribution >= 4 is 29.1 Å². The molecule has 7 heteroatoms. The number of aromatic nitrogens is 1. The second kappa shape index (κ2) is 7.36. The van der Waals surface area contributed by atoms with Crippen molar-refractivity contribution in [3.8, 4) is 10.6 Å². The first kappa shape index (κ1) is 18.1. The maximum atomic E-state index is 12.5. The summed E-state index contributed by atoms with van der Waals surface area (Å²) < 4.78 is 5.31. The molecule has 0 saturated carbocycles. The molecule has 1 aromatic heterocycles. The highest BCUT2D eigenvalue weighted by molar-refractivity contribution is 7.13. The third-order valence-corrected chi connectivity index (χ3v) is 5.43. The summed E-state index contributed by atoms with van der Waals surface area (Å²) in [5.74, 6) is -1.61. The Labute approximate surface area is 165 Å². The van der Waals surface area contributed by atoms with E-state index in [9.17, 15) is 14.4 Å². The van der Waals surface area contributed by atoms with E-state index in [1.807, 2.05) is 35.7 Å². The summed E-state index contributed by atoms with van der Waals surface area (Å²) in [5.41, 5.74) is 2.22. The van der Waals surface area contributed by atoms with Gasteiger partial charge in [-0.05, 0) is 19.1 Å². The Morgan fingerprint density at radius 1 is 1.04 bits per heavy atom. The Morgan fingerprint density at radius 3 is 2.29 bits per heavy atom. The number of carbonyl (C=O) groups is 3. The largest absolute Gasteiger partial charge is 0.458 e. The molecular formula is C21H16N2O4S. The summed E-state index contributed by atoms with van der Waals surface area (Å²) >= 11 is 1.46. The van der Waals surface area contributed by atoms with Crippen LogP contribution in [0.1, 0.15) is 33.3 Å². The lowest BCUT2D eigenvalue weighted by Crippen LogP contribution is -2.43. The van der Waals surface area contributed by atoms with Gasteiger partial charge < -0.3 is 4.74 Å². The number of rotatable bonds is 5. The number of esters is 1. The number of fused-ring (bicyclic) bond motifs is 1. The fourth-order valence-corrected chi connectivity index (χ4v) is 3.83. The van der Waals surface area contributed by atoms with Crippen LogP contribution in [0.4, 0.5) is 0 Å². The summed E-state index contributed by atoms with van der Waals surface area (Å²) in [7, 11) is 0. The smallest absolute Gasteiger partial charge is 0.329 e. The van der Waals surface area contributed by atoms with Crippen LogP contribution in [0, 0.1) is 0 Å². The molecule has 0 radical (unpaired) electrons. The lowest BCUT2D eigenvalue weighted by molar-refractivity contribution is -0.149. The van der Waals surface area contributed by atoms with Gasteiger partial charge in [0.1, 0.15) is 17.7 Å². The molecule has 1 atom stereocenters. The molecule has 1 unspecified atom stereocenters. The number of imide groups is 1. The van der Waals surface area contributed by atoms with Crippen LogP contribution < -0.4 is 0 Å². The fraction of sp³-hybridized carbons (Fsp3) is 0.143. The second-order valence-electron chi connectivity index (χ2n) is 6.32. The van der Waals surface area contributed by atoms with Gasteiger partial charge in [-0.3, -0.25) is 14.5 Å². The average Bonchev–Trinajstić information content (AvgIpc) is 3.30. The summed E-state index contributed by atoms with van der Waals surface area (Å²) in [6.45, 7) is 1.47. The van der Waals surface area contributed by atoms with Crippen molar-refractivity contribution in [3.05, 3.63) is 76.8 Å². The Hall–Kier alpha value is -3.32. The zero-order chi connectivity index (χ0) is 19.7. The number of ether oxygens (including phenoxy) is 1. The van der Waals surface area contributed by atoms with Gasteiger partial charge in [-0.25, -0.2) is 9.78 Å². The first-order chi connectivity index (χ1) is 13.6. The van der Waals surface area contributed by atoms with Gasteiger partial charge in [0.15, 0.2) is 0 Å². The molecule has 1 aliphatic heterocycles. The molecule has 2 heterocycles. The van der Waals surface area contributed by atoms with Crippen LogP contribution in [0.2, 0.25) is 0 Å². The highest BCUT2D eigenvalue weighted by Gasteiger charge is 2.41. The minimum atomic E-state index is -1.01. The number of thiazole rings is 1. The predicted molar refractivity (Wildman–Crippen MR) is 104 cm³/mol. The van der Waals surface area contributed by atoms with Crippen molar-refractivity contribution in [1.29, 1.82) is 0 Å². The van der Waals surface area contributed by atoms with Crippen molar-refractivity contribution in [1.82, 2.24) is 9.88 Å². The molecule has 1 aliphatic rings. The first-order valence-corrected chi connectivity index (χ1v) is 9.57. The van der Waals surface area contributed by atoms with Gasteiger partial charge >= 0.3 is 5.97 Å². The third kappa shape index (κ3) is 3.20. The van der Waals surface area contributed by atoms with Crippen LogP contribution in [-0.2, 0) is 16.1 Å². The molecule has 0 aliphatic carbocycles. The van der Waals surface area contributed by atoms with E-state index in [0.29, 0.717) is 16.8 Å². The predicted octanol–water partition coefficient (Wildman–Crippen LogP) is 3.54. The highest BCUT2D eigenvalue weighted by atomic mass is 32.1. The van der Waals surface area contributed by atoms with E-state index in [0.717, 1.165) is 15.5 Å². The lowest BCUT2D eigenvalue weighted by atomic mass is 10.1. The topological polar surface area (TPSA) is 76.6 Å². The zero-order valence-electron chi connectivity index (χ0n) is 15.0. The van der Waals surface area contributed by atoms with E-state index < -0.39 is 23.8 Å². The average molecular weight is 392 g/mol. The standard InChI is InChI=1S/C21H16N2O4S/c1-13(23-19(24)16-9-5-6-10-17(16)20(23)25)21(26)27-11-15-12-28-18(22-15)14-7-3-2-4-8-14/h2-10,12-13H,11H2,1H3. The zero-order valence-corrected chi connectivity index (χ0v) is 15.8. The van der Waals surface area contributed by atoms with E-state index in [4.69, 9.17) is 4.74 Å². The van der Waals surface area contributed by atoms with Crippen LogP contribution in [0.15, 0.2) is 60.0 Å². The molecule has 3 aromatic rings. The van der Waals surface area contributed by atoms with Crippen LogP contribution in [-0.4, -0.2) is 33.7 Å². The van der Waals surface area contributed by atoms with E-state index in [2.05, 4.69) is 4.98 Å². The maximum absolute atomic E-state index is 12.5. The van der Waals surface area contributed by atoms with Gasteiger partial charge in [0.05, 0.1) is 16.8 Å². The van der Waals surface area contributed by atoms with E-state index in [1.54, 1.807) is 24.3 Å². The number of hydrogen-bond acceptors (Lipinski definition) is 6. The van der Waals surface area contributed by atoms with E-state index in [1.165, 1.54) is 18.3 Å². The Balaban J connectivity index is 1.42. The van der Waals surface area contributed by atoms with E-state index >= 15 is 0 Å². The fourth-order valence-electron chi connectivity index (χ4n) is 3.02. The summed E-state index contributed by atoms with van der Waals surface area (Å²) in [6.07, 6.45) is 0. The summed E-state index contributed by atoms with van der Waals surface area (Å²) in [4.78, 5) is 42.8. The van der Waals surface area contributed by atoms with Crippen molar-refractivity contribution in [2.24, 2.45) is 0 Å². The maximum Gasteiger partial charge on any atom is 0.329 e. The van der Waals surface area contributed by atoms with Crippen molar-refractivity contribution in [2.45, 2.75) is 19.6 Å². The van der Waals surface area contributed by atoms with Crippen LogP contribution in [0.3, 0.4) is 0 Å². The Morgan fingerprint density at radius 2 is 1.64 bits per heavy atom. The van der Waals surface area contributed by atoms with Gasteiger partial charge in [0, 0.05) is 10.9 Å². The SMILES string of the molecule is CC(C(=O)OCc1csc(-c2ccccc2)n1)N1C(=O)c2ccccc2C1=O. The third-order valence-electron chi connectivity index (χ3n) is 4.49. The molecule has 6 nitrogen and oxygen atoms in total. The monoisotopic (exact) mass is 392 g/mol. The molecule has 140 valence electrons. The number of benzene rings is 2. The number of carbonyl (C=O) groups excluding carboxylic acids is 3. The first-order valence-electron chi connectivity index (χ1n) is 8.69. The molecule has 0 spiro atoms. The van der Waals surface area contributed by atoms with Crippen LogP contribution in [0.25, 0.3) is 10.6 Å². The molecular weight excluding hydrogens is 376 g/mol. The second-order valence-corrected chi connectivity index (χ2v) is 7.18. The van der Waals surface area contributed by atoms with Gasteiger partial charge in [-0.15, -0.1) is 11.3 Å². The molecule has 4 rings (SSSR count). The number of hydrogen-bond donors (Lipinski definition) is 0. The van der Waals surface area contributed by atoms with Gasteiger partial charge in [-0.1, -0.05) is 42.5 Å². The number of nitrogens with zero attached hydrogens (tertiary/aromatic N) is 2. The Kier molecular flexibility index (Phi) is 4.75. The summed E-state index contributed by atoms with van der Waals surface area (Å²) in [6, 6.07) is 15.2. The molecule has 0 N–H and O–H groups in total. The van der Waals surface area contributed by atoms with Crippen LogP contribution in [0.5, 0.6) is 0 Å². The van der Waals surface area contributed by atoms with Gasteiger partial charge in [-0.2, -0.15) is 0 Å². The van der Waals surface area contributed by atoms with Gasteiger partial charge in [0.2, 0.25) is 0 Å². The molecule has 2 aromatic carbocycles. The Bertz CT molecular complexity index is 1030. The molecule has 0 fully saturated rings. The van der Waals surface area contributed by atoms with E-state index in [-0.39, 0.29) is 6.61 Å². The van der Waals surface area contributed by atoms with Gasteiger partial charge in [0.25, 0.3) is 11.8 Å². The van der Waals surface area contributed by atoms with Crippen molar-refractivity contribution in [3.63, 3.8) is 0 Å². The van der Waals surface area contributed by atoms with Crippen molar-refractivity contribution in [2.75, 3.05) is 0 Å².